The second kappa shape index (κ2) is 8.51. The fourth-order valence-corrected chi connectivity index (χ4v) is 4.53. The minimum atomic E-state index is -0.270. The lowest BCUT2D eigenvalue weighted by Gasteiger charge is -2.24. The zero-order valence-electron chi connectivity index (χ0n) is 17.9. The molecule has 0 saturated carbocycles. The number of likely N-dealkylation sites (N-methyl/N-ethyl adjacent to an activating group) is 1. The molecule has 162 valence electrons. The van der Waals surface area contributed by atoms with E-state index >= 15 is 0 Å². The molecular weight excluding hydrogens is 403 g/mol. The lowest BCUT2D eigenvalue weighted by Crippen LogP contribution is -2.26. The number of nitrogen functional groups attached to an aromatic ring is 1. The summed E-state index contributed by atoms with van der Waals surface area (Å²) in [4.78, 5) is 15.8. The molecule has 0 amide bonds. The van der Waals surface area contributed by atoms with Crippen LogP contribution in [0.2, 0.25) is 0 Å². The number of halogens is 1. The summed E-state index contributed by atoms with van der Waals surface area (Å²) in [5.41, 5.74) is 10.5. The Morgan fingerprint density at radius 2 is 1.84 bits per heavy atom. The fraction of sp³-hybridized carbons (Fsp3) is 0.240. The Kier molecular flexibility index (Phi) is 5.41. The smallest absolute Gasteiger partial charge is 0.220 e. The van der Waals surface area contributed by atoms with Crippen LogP contribution in [0.5, 0.6) is 0 Å². The van der Waals surface area contributed by atoms with E-state index < -0.39 is 0 Å². The van der Waals surface area contributed by atoms with E-state index in [-0.39, 0.29) is 17.8 Å². The lowest BCUT2D eigenvalue weighted by molar-refractivity contribution is 0.274. The zero-order valence-corrected chi connectivity index (χ0v) is 17.9. The Balaban J connectivity index is 1.53. The molecule has 1 atom stereocenters. The molecule has 0 aliphatic carbocycles. The molecule has 5 rings (SSSR count). The number of rotatable bonds is 6. The average Bonchev–Trinajstić information content (AvgIpc) is 3.35. The standard InChI is InChI=1S/C25H25FN6/c1-31(15-17-5-3-2-4-6-17)16-20-11-12-22-30-23(18-7-9-19(26)10-8-18)24(32(20)22)21-13-14-28-25(27)29-21/h2-10,13-14,20H,11-12,15-16H2,1H3,(H2,27,28,29). The van der Waals surface area contributed by atoms with Crippen molar-refractivity contribution in [3.63, 3.8) is 0 Å². The first kappa shape index (κ1) is 20.3. The van der Waals surface area contributed by atoms with Crippen molar-refractivity contribution < 1.29 is 4.39 Å². The number of hydrogen-bond acceptors (Lipinski definition) is 5. The van der Waals surface area contributed by atoms with Crippen LogP contribution in [0.25, 0.3) is 22.6 Å². The summed E-state index contributed by atoms with van der Waals surface area (Å²) in [7, 11) is 2.14. The molecular formula is C25H25FN6. The zero-order chi connectivity index (χ0) is 22.1. The van der Waals surface area contributed by atoms with Gasteiger partial charge in [0.15, 0.2) is 0 Å². The monoisotopic (exact) mass is 428 g/mol. The van der Waals surface area contributed by atoms with E-state index in [1.165, 1.54) is 17.7 Å². The Morgan fingerprint density at radius 3 is 2.59 bits per heavy atom. The van der Waals surface area contributed by atoms with Crippen LogP contribution in [0.4, 0.5) is 10.3 Å². The summed E-state index contributed by atoms with van der Waals surface area (Å²) in [6.07, 6.45) is 3.56. The van der Waals surface area contributed by atoms with E-state index in [9.17, 15) is 4.39 Å². The van der Waals surface area contributed by atoms with Crippen LogP contribution in [0.1, 0.15) is 23.9 Å². The molecule has 4 aromatic rings. The van der Waals surface area contributed by atoms with Gasteiger partial charge in [-0.25, -0.2) is 19.3 Å². The number of fused-ring (bicyclic) bond motifs is 1. The van der Waals surface area contributed by atoms with Gasteiger partial charge >= 0.3 is 0 Å². The van der Waals surface area contributed by atoms with Crippen molar-refractivity contribution in [3.8, 4) is 22.6 Å². The number of hydrogen-bond donors (Lipinski definition) is 1. The first-order valence-corrected chi connectivity index (χ1v) is 10.8. The normalized spacial score (nSPS) is 15.3. The summed E-state index contributed by atoms with van der Waals surface area (Å²) in [6, 6.07) is 19.0. The molecule has 0 saturated heterocycles. The number of aryl methyl sites for hydroxylation is 1. The van der Waals surface area contributed by atoms with E-state index in [1.807, 2.05) is 12.1 Å². The Labute approximate surface area is 186 Å². The van der Waals surface area contributed by atoms with Crippen LogP contribution < -0.4 is 5.73 Å². The van der Waals surface area contributed by atoms with E-state index in [4.69, 9.17) is 10.7 Å². The number of imidazole rings is 1. The Morgan fingerprint density at radius 1 is 1.06 bits per heavy atom. The third kappa shape index (κ3) is 3.99. The molecule has 0 radical (unpaired) electrons. The summed E-state index contributed by atoms with van der Waals surface area (Å²) in [5.74, 6) is 0.974. The van der Waals surface area contributed by atoms with Gasteiger partial charge in [-0.15, -0.1) is 0 Å². The van der Waals surface area contributed by atoms with Crippen LogP contribution in [-0.2, 0) is 13.0 Å². The van der Waals surface area contributed by atoms with Crippen LogP contribution in [-0.4, -0.2) is 38.0 Å². The quantitative estimate of drug-likeness (QED) is 0.494. The van der Waals surface area contributed by atoms with Gasteiger partial charge in [0.1, 0.15) is 11.6 Å². The summed E-state index contributed by atoms with van der Waals surface area (Å²) < 4.78 is 15.9. The topological polar surface area (TPSA) is 72.9 Å². The number of nitrogens with two attached hydrogens (primary N) is 1. The van der Waals surface area contributed by atoms with Gasteiger partial charge in [-0.1, -0.05) is 30.3 Å². The highest BCUT2D eigenvalue weighted by Crippen LogP contribution is 2.39. The van der Waals surface area contributed by atoms with Gasteiger partial charge in [0.05, 0.1) is 17.1 Å². The number of aromatic nitrogens is 4. The predicted octanol–water partition coefficient (Wildman–Crippen LogP) is 4.35. The SMILES string of the molecule is CN(Cc1ccccc1)CC1CCc2nc(-c3ccc(F)cc3)c(-c3ccnc(N)n3)n21. The predicted molar refractivity (Wildman–Crippen MR) is 123 cm³/mol. The summed E-state index contributed by atoms with van der Waals surface area (Å²) >= 11 is 0. The fourth-order valence-electron chi connectivity index (χ4n) is 4.53. The van der Waals surface area contributed by atoms with Crippen molar-refractivity contribution in [1.82, 2.24) is 24.4 Å². The summed E-state index contributed by atoms with van der Waals surface area (Å²) in [5, 5.41) is 0. The maximum Gasteiger partial charge on any atom is 0.220 e. The molecule has 1 aliphatic rings. The van der Waals surface area contributed by atoms with Gasteiger partial charge < -0.3 is 15.2 Å². The Bertz CT molecular complexity index is 1220. The minimum Gasteiger partial charge on any atom is -0.368 e. The molecule has 2 aromatic carbocycles. The van der Waals surface area contributed by atoms with Crippen molar-refractivity contribution >= 4 is 5.95 Å². The highest BCUT2D eigenvalue weighted by molar-refractivity contribution is 5.78. The molecule has 2 N–H and O–H groups in total. The number of nitrogens with zero attached hydrogens (tertiary/aromatic N) is 5. The van der Waals surface area contributed by atoms with Crippen molar-refractivity contribution in [2.45, 2.75) is 25.4 Å². The third-order valence-corrected chi connectivity index (χ3v) is 5.90. The van der Waals surface area contributed by atoms with E-state index in [0.717, 1.165) is 54.4 Å². The van der Waals surface area contributed by atoms with Crippen LogP contribution >= 0.6 is 0 Å². The maximum absolute atomic E-state index is 13.6. The lowest BCUT2D eigenvalue weighted by atomic mass is 10.1. The molecule has 2 aromatic heterocycles. The first-order valence-electron chi connectivity index (χ1n) is 10.8. The molecule has 1 aliphatic heterocycles. The minimum absolute atomic E-state index is 0.221. The second-order valence-corrected chi connectivity index (χ2v) is 8.28. The Hall–Kier alpha value is -3.58. The van der Waals surface area contributed by atoms with Crippen molar-refractivity contribution in [3.05, 3.63) is 84.1 Å². The molecule has 0 fully saturated rings. The molecule has 0 bridgehead atoms. The highest BCUT2D eigenvalue weighted by atomic mass is 19.1. The van der Waals surface area contributed by atoms with Gasteiger partial charge in [0.25, 0.3) is 0 Å². The largest absolute Gasteiger partial charge is 0.368 e. The van der Waals surface area contributed by atoms with Crippen molar-refractivity contribution in [1.29, 1.82) is 0 Å². The molecule has 6 nitrogen and oxygen atoms in total. The van der Waals surface area contributed by atoms with Gasteiger partial charge in [-0.3, -0.25) is 0 Å². The molecule has 32 heavy (non-hydrogen) atoms. The van der Waals surface area contributed by atoms with E-state index in [1.54, 1.807) is 18.3 Å². The van der Waals surface area contributed by atoms with Crippen LogP contribution in [0.3, 0.4) is 0 Å². The van der Waals surface area contributed by atoms with Crippen LogP contribution in [0, 0.1) is 5.82 Å². The molecule has 1 unspecified atom stereocenters. The van der Waals surface area contributed by atoms with Gasteiger partial charge in [-0.05, 0) is 49.4 Å². The van der Waals surface area contributed by atoms with Gasteiger partial charge in [-0.2, -0.15) is 0 Å². The number of benzene rings is 2. The van der Waals surface area contributed by atoms with Crippen molar-refractivity contribution in [2.24, 2.45) is 0 Å². The van der Waals surface area contributed by atoms with E-state index in [2.05, 4.69) is 50.7 Å². The second-order valence-electron chi connectivity index (χ2n) is 8.28. The molecule has 0 spiro atoms. The average molecular weight is 429 g/mol. The van der Waals surface area contributed by atoms with Crippen molar-refractivity contribution in [2.75, 3.05) is 19.3 Å². The highest BCUT2D eigenvalue weighted by Gasteiger charge is 2.31. The van der Waals surface area contributed by atoms with Gasteiger partial charge in [0, 0.05) is 37.3 Å². The van der Waals surface area contributed by atoms with Crippen LogP contribution in [0.15, 0.2) is 66.9 Å². The van der Waals surface area contributed by atoms with E-state index in [0.29, 0.717) is 0 Å². The molecule has 7 heteroatoms. The first-order chi connectivity index (χ1) is 15.6. The maximum atomic E-state index is 13.6. The molecule has 3 heterocycles. The number of anilines is 1. The third-order valence-electron chi connectivity index (χ3n) is 5.90. The van der Waals surface area contributed by atoms with Gasteiger partial charge in [0.2, 0.25) is 5.95 Å². The summed E-state index contributed by atoms with van der Waals surface area (Å²) in [6.45, 7) is 1.76.